The Balaban J connectivity index is 1.22. The van der Waals surface area contributed by atoms with E-state index in [4.69, 9.17) is 9.47 Å². The van der Waals surface area contributed by atoms with E-state index in [0.717, 1.165) is 24.3 Å². The number of hydrogen-bond donors (Lipinski definition) is 1. The SMILES string of the molecule is O=C(O)COC1(c2nc(Br)cs2)CCN(C(=O)OCC2c3ccccc3-c3ccccc32)C2(CCC2)C1. The summed E-state index contributed by atoms with van der Waals surface area (Å²) in [6.45, 7) is 0.297. The van der Waals surface area contributed by atoms with Crippen molar-refractivity contribution in [2.24, 2.45) is 0 Å². The van der Waals surface area contributed by atoms with E-state index in [2.05, 4.69) is 45.2 Å². The quantitative estimate of drug-likeness (QED) is 0.374. The van der Waals surface area contributed by atoms with E-state index in [1.807, 2.05) is 34.5 Å². The molecule has 37 heavy (non-hydrogen) atoms. The van der Waals surface area contributed by atoms with Crippen molar-refractivity contribution in [2.75, 3.05) is 19.8 Å². The Morgan fingerprint density at radius 3 is 2.32 bits per heavy atom. The van der Waals surface area contributed by atoms with E-state index in [-0.39, 0.29) is 18.6 Å². The zero-order valence-corrected chi connectivity index (χ0v) is 22.6. The second-order valence-electron chi connectivity index (χ2n) is 10.1. The Bertz CT molecular complexity index is 1310. The summed E-state index contributed by atoms with van der Waals surface area (Å²) in [7, 11) is 0. The average molecular weight is 584 g/mol. The zero-order valence-electron chi connectivity index (χ0n) is 20.2. The number of aliphatic carboxylic acids is 1. The molecule has 2 heterocycles. The number of carboxylic acid groups (broad SMARTS) is 1. The maximum absolute atomic E-state index is 13.6. The third-order valence-corrected chi connectivity index (χ3v) is 9.84. The fraction of sp³-hybridized carbons (Fsp3) is 0.393. The largest absolute Gasteiger partial charge is 0.480 e. The van der Waals surface area contributed by atoms with Crippen molar-refractivity contribution in [3.63, 3.8) is 0 Å². The highest BCUT2D eigenvalue weighted by Crippen LogP contribution is 2.53. The van der Waals surface area contributed by atoms with Crippen LogP contribution >= 0.6 is 27.3 Å². The molecule has 3 aliphatic rings. The molecule has 0 radical (unpaired) electrons. The zero-order chi connectivity index (χ0) is 25.6. The molecule has 1 spiro atoms. The summed E-state index contributed by atoms with van der Waals surface area (Å²) in [6.07, 6.45) is 3.34. The number of hydrogen-bond acceptors (Lipinski definition) is 6. The fourth-order valence-electron chi connectivity index (χ4n) is 6.26. The van der Waals surface area contributed by atoms with Gasteiger partial charge in [0.15, 0.2) is 0 Å². The number of fused-ring (bicyclic) bond motifs is 3. The number of halogens is 1. The highest BCUT2D eigenvalue weighted by molar-refractivity contribution is 9.10. The Labute approximate surface area is 227 Å². The lowest BCUT2D eigenvalue weighted by molar-refractivity contribution is -0.169. The van der Waals surface area contributed by atoms with Crippen LogP contribution in [-0.4, -0.2) is 52.4 Å². The normalized spacial score (nSPS) is 21.8. The molecule has 3 aromatic rings. The van der Waals surface area contributed by atoms with Crippen LogP contribution in [0.25, 0.3) is 11.1 Å². The minimum atomic E-state index is -1.02. The van der Waals surface area contributed by atoms with Gasteiger partial charge in [0, 0.05) is 36.2 Å². The first-order valence-corrected chi connectivity index (χ1v) is 14.2. The van der Waals surface area contributed by atoms with Crippen molar-refractivity contribution in [1.29, 1.82) is 0 Å². The van der Waals surface area contributed by atoms with Crippen molar-refractivity contribution in [3.05, 3.63) is 74.6 Å². The Morgan fingerprint density at radius 2 is 1.76 bits per heavy atom. The van der Waals surface area contributed by atoms with Crippen LogP contribution in [-0.2, 0) is 19.9 Å². The molecule has 2 aromatic carbocycles. The second kappa shape index (κ2) is 9.53. The summed E-state index contributed by atoms with van der Waals surface area (Å²) in [5.74, 6) is -1.01. The highest BCUT2D eigenvalue weighted by atomic mass is 79.9. The molecule has 1 amide bonds. The van der Waals surface area contributed by atoms with E-state index < -0.39 is 23.7 Å². The van der Waals surface area contributed by atoms with E-state index in [1.54, 1.807) is 0 Å². The molecule has 1 saturated carbocycles. The van der Waals surface area contributed by atoms with Crippen molar-refractivity contribution in [3.8, 4) is 11.1 Å². The molecule has 1 atom stereocenters. The molecule has 1 unspecified atom stereocenters. The van der Waals surface area contributed by atoms with Crippen LogP contribution in [0.4, 0.5) is 4.79 Å². The van der Waals surface area contributed by atoms with Gasteiger partial charge in [0.05, 0.1) is 0 Å². The summed E-state index contributed by atoms with van der Waals surface area (Å²) in [5.41, 5.74) is 3.51. The van der Waals surface area contributed by atoms with Gasteiger partial charge in [-0.05, 0) is 57.4 Å². The molecule has 192 valence electrons. The number of piperidine rings is 1. The number of carbonyl (C=O) groups is 2. The van der Waals surface area contributed by atoms with Gasteiger partial charge in [0.1, 0.15) is 28.4 Å². The molecule has 0 bridgehead atoms. The Hall–Kier alpha value is -2.75. The summed E-state index contributed by atoms with van der Waals surface area (Å²) in [6, 6.07) is 16.6. The van der Waals surface area contributed by atoms with Crippen LogP contribution in [0.3, 0.4) is 0 Å². The minimum Gasteiger partial charge on any atom is -0.480 e. The van der Waals surface area contributed by atoms with Gasteiger partial charge in [-0.1, -0.05) is 48.5 Å². The van der Waals surface area contributed by atoms with Crippen LogP contribution < -0.4 is 0 Å². The van der Waals surface area contributed by atoms with Crippen LogP contribution in [0.1, 0.15) is 54.2 Å². The van der Waals surface area contributed by atoms with Gasteiger partial charge < -0.3 is 19.5 Å². The van der Waals surface area contributed by atoms with E-state index in [0.29, 0.717) is 24.0 Å². The average Bonchev–Trinajstić information content (AvgIpc) is 3.47. The van der Waals surface area contributed by atoms with Gasteiger partial charge in [0.25, 0.3) is 0 Å². The topological polar surface area (TPSA) is 89.0 Å². The third-order valence-electron chi connectivity index (χ3n) is 8.11. The number of thiazole rings is 1. The number of ether oxygens (including phenoxy) is 2. The lowest BCUT2D eigenvalue weighted by Crippen LogP contribution is -2.64. The fourth-order valence-corrected chi connectivity index (χ4v) is 7.70. The summed E-state index contributed by atoms with van der Waals surface area (Å²) < 4.78 is 12.8. The molecule has 1 saturated heterocycles. The number of carboxylic acids is 1. The molecule has 2 fully saturated rings. The minimum absolute atomic E-state index is 0.00383. The number of amides is 1. The van der Waals surface area contributed by atoms with Gasteiger partial charge in [-0.3, -0.25) is 0 Å². The molecular weight excluding hydrogens is 556 g/mol. The Morgan fingerprint density at radius 1 is 1.08 bits per heavy atom. The third kappa shape index (κ3) is 4.27. The van der Waals surface area contributed by atoms with Gasteiger partial charge >= 0.3 is 12.1 Å². The smallest absolute Gasteiger partial charge is 0.410 e. The van der Waals surface area contributed by atoms with Crippen molar-refractivity contribution < 1.29 is 24.2 Å². The monoisotopic (exact) mass is 582 g/mol. The van der Waals surface area contributed by atoms with Crippen molar-refractivity contribution in [1.82, 2.24) is 9.88 Å². The molecule has 1 N–H and O–H groups in total. The first-order chi connectivity index (χ1) is 17.9. The molecule has 9 heteroatoms. The molecule has 1 aliphatic heterocycles. The summed E-state index contributed by atoms with van der Waals surface area (Å²) >= 11 is 4.87. The molecule has 7 nitrogen and oxygen atoms in total. The standard InChI is InChI=1S/C28H27BrN2O5S/c29-23-16-37-25(30-23)28(36-15-24(32)33)12-13-31(27(17-28)10-5-11-27)26(34)35-14-22-20-8-3-1-6-18(20)19-7-2-4-9-21(19)22/h1-4,6-9,16,22H,5,10-15,17H2,(H,32,33). The summed E-state index contributed by atoms with van der Waals surface area (Å²) in [5, 5.41) is 12.0. The van der Waals surface area contributed by atoms with E-state index in [9.17, 15) is 14.7 Å². The first-order valence-electron chi connectivity index (χ1n) is 12.5. The van der Waals surface area contributed by atoms with Crippen LogP contribution in [0, 0.1) is 0 Å². The number of nitrogens with zero attached hydrogens (tertiary/aromatic N) is 2. The molecule has 2 aliphatic carbocycles. The number of likely N-dealkylation sites (tertiary alicyclic amines) is 1. The highest BCUT2D eigenvalue weighted by Gasteiger charge is 2.56. The molecular formula is C28H27BrN2O5S. The van der Waals surface area contributed by atoms with E-state index in [1.165, 1.54) is 33.6 Å². The summed E-state index contributed by atoms with van der Waals surface area (Å²) in [4.78, 5) is 31.4. The number of benzene rings is 2. The van der Waals surface area contributed by atoms with Gasteiger partial charge in [-0.2, -0.15) is 0 Å². The van der Waals surface area contributed by atoms with Crippen LogP contribution in [0.2, 0.25) is 0 Å². The van der Waals surface area contributed by atoms with Crippen molar-refractivity contribution >= 4 is 39.3 Å². The van der Waals surface area contributed by atoms with Gasteiger partial charge in [-0.25, -0.2) is 14.6 Å². The molecule has 6 rings (SSSR count). The molecule has 1 aromatic heterocycles. The second-order valence-corrected chi connectivity index (χ2v) is 11.8. The number of aromatic nitrogens is 1. The van der Waals surface area contributed by atoms with Crippen LogP contribution in [0.15, 0.2) is 58.5 Å². The predicted octanol–water partition coefficient (Wildman–Crippen LogP) is 6.17. The Kier molecular flexibility index (Phi) is 6.33. The number of carbonyl (C=O) groups excluding carboxylic acids is 1. The lowest BCUT2D eigenvalue weighted by Gasteiger charge is -2.57. The van der Waals surface area contributed by atoms with Crippen molar-refractivity contribution in [2.45, 2.75) is 49.2 Å². The van der Waals surface area contributed by atoms with Gasteiger partial charge in [-0.15, -0.1) is 11.3 Å². The maximum Gasteiger partial charge on any atom is 0.410 e. The first kappa shape index (κ1) is 24.6. The predicted molar refractivity (Wildman–Crippen MR) is 143 cm³/mol. The number of rotatable bonds is 6. The van der Waals surface area contributed by atoms with Crippen LogP contribution in [0.5, 0.6) is 0 Å². The van der Waals surface area contributed by atoms with E-state index >= 15 is 0 Å². The van der Waals surface area contributed by atoms with Gasteiger partial charge in [0.2, 0.25) is 0 Å². The lowest BCUT2D eigenvalue weighted by atomic mass is 9.65. The maximum atomic E-state index is 13.6.